The number of aromatic hydroxyl groups is 1. The molecule has 0 aromatic heterocycles. The maximum Gasteiger partial charge on any atom is 0.306 e. The average molecular weight is 711 g/mol. The van der Waals surface area contributed by atoms with E-state index in [0.717, 1.165) is 71.9 Å². The van der Waals surface area contributed by atoms with E-state index >= 15 is 0 Å². The molecule has 4 heteroatoms. The molecule has 1 aliphatic rings. The topological polar surface area (TPSA) is 55.8 Å². The molecule has 1 N–H and O–H groups in total. The van der Waals surface area contributed by atoms with E-state index in [-0.39, 0.29) is 12.1 Å². The van der Waals surface area contributed by atoms with Gasteiger partial charge in [-0.1, -0.05) is 143 Å². The minimum absolute atomic E-state index is 0.113. The van der Waals surface area contributed by atoms with Gasteiger partial charge in [-0.3, -0.25) is 4.79 Å². The third-order valence-corrected chi connectivity index (χ3v) is 11.9. The molecular formula is C47H82O4. The van der Waals surface area contributed by atoms with Crippen molar-refractivity contribution in [2.45, 2.75) is 228 Å². The van der Waals surface area contributed by atoms with Gasteiger partial charge in [-0.15, -0.1) is 0 Å². The summed E-state index contributed by atoms with van der Waals surface area (Å²) in [6.45, 7) is 19.9. The fourth-order valence-corrected chi connectivity index (χ4v) is 7.97. The van der Waals surface area contributed by atoms with Gasteiger partial charge < -0.3 is 14.6 Å². The summed E-state index contributed by atoms with van der Waals surface area (Å²) in [7, 11) is 0. The minimum atomic E-state index is -0.587. The highest BCUT2D eigenvalue weighted by atomic mass is 16.6. The van der Waals surface area contributed by atoms with E-state index in [1.165, 1.54) is 109 Å². The van der Waals surface area contributed by atoms with Crippen LogP contribution in [-0.4, -0.2) is 22.8 Å². The number of esters is 1. The maximum atomic E-state index is 13.2. The summed E-state index contributed by atoms with van der Waals surface area (Å²) in [4.78, 5) is 13.2. The second-order valence-electron chi connectivity index (χ2n) is 17.3. The zero-order chi connectivity index (χ0) is 37.6. The van der Waals surface area contributed by atoms with Gasteiger partial charge in [0.15, 0.2) is 0 Å². The van der Waals surface area contributed by atoms with E-state index in [9.17, 15) is 9.90 Å². The molecule has 1 heterocycles. The Balaban J connectivity index is 1.82. The summed E-state index contributed by atoms with van der Waals surface area (Å²) >= 11 is 0. The van der Waals surface area contributed by atoms with Crippen LogP contribution in [-0.2, 0) is 16.0 Å². The Kier molecular flexibility index (Phi) is 22.3. The number of ether oxygens (including phenoxy) is 2. The number of hydrogen-bond acceptors (Lipinski definition) is 4. The Morgan fingerprint density at radius 1 is 0.745 bits per heavy atom. The lowest BCUT2D eigenvalue weighted by Gasteiger charge is -2.43. The summed E-state index contributed by atoms with van der Waals surface area (Å²) in [5.41, 5.74) is 3.12. The predicted molar refractivity (Wildman–Crippen MR) is 219 cm³/mol. The van der Waals surface area contributed by atoms with Crippen LogP contribution in [0.1, 0.15) is 211 Å². The largest absolute Gasteiger partial charge is 0.507 e. The molecule has 0 saturated heterocycles. The van der Waals surface area contributed by atoms with E-state index in [4.69, 9.17) is 9.47 Å². The first kappa shape index (κ1) is 45.2. The van der Waals surface area contributed by atoms with E-state index in [2.05, 4.69) is 53.7 Å². The molecule has 0 saturated carbocycles. The number of rotatable bonds is 28. The Morgan fingerprint density at radius 2 is 1.27 bits per heavy atom. The molecule has 0 bridgehead atoms. The van der Waals surface area contributed by atoms with Crippen molar-refractivity contribution in [3.8, 4) is 11.5 Å². The summed E-state index contributed by atoms with van der Waals surface area (Å²) in [6, 6.07) is 0. The highest BCUT2D eigenvalue weighted by molar-refractivity contribution is 5.70. The first-order valence-electron chi connectivity index (χ1n) is 21.7. The third-order valence-electron chi connectivity index (χ3n) is 11.9. The van der Waals surface area contributed by atoms with Gasteiger partial charge in [0.2, 0.25) is 0 Å². The lowest BCUT2D eigenvalue weighted by Crippen LogP contribution is -2.51. The van der Waals surface area contributed by atoms with Crippen molar-refractivity contribution in [2.75, 3.05) is 0 Å². The van der Waals surface area contributed by atoms with Gasteiger partial charge in [-0.05, 0) is 107 Å². The SMILES string of the molecule is CCCCCCCC/C=C\CCCCCCCC(=O)OC1Cc2c(C)c(O)c(C)c(C)c2O[C@@]1(C)CCC[C@H](C)CCC[C@@H](C)CCCC(C)C. The molecule has 2 rings (SSSR count). The molecule has 294 valence electrons. The van der Waals surface area contributed by atoms with Crippen molar-refractivity contribution < 1.29 is 19.4 Å². The molecular weight excluding hydrogens is 629 g/mol. The number of carbonyl (C=O) groups excluding carboxylic acids is 1. The maximum absolute atomic E-state index is 13.2. The zero-order valence-electron chi connectivity index (χ0n) is 35.1. The van der Waals surface area contributed by atoms with Crippen LogP contribution >= 0.6 is 0 Å². The predicted octanol–water partition coefficient (Wildman–Crippen LogP) is 14.4. The number of unbranched alkanes of at least 4 members (excludes halogenated alkanes) is 11. The van der Waals surface area contributed by atoms with Crippen molar-refractivity contribution >= 4 is 5.97 Å². The number of carbonyl (C=O) groups is 1. The van der Waals surface area contributed by atoms with Crippen LogP contribution in [0.2, 0.25) is 0 Å². The van der Waals surface area contributed by atoms with Gasteiger partial charge in [0, 0.05) is 18.4 Å². The number of allylic oxidation sites excluding steroid dienone is 2. The van der Waals surface area contributed by atoms with Crippen molar-refractivity contribution in [3.63, 3.8) is 0 Å². The Bertz CT molecular complexity index is 1140. The Labute approximate surface area is 316 Å². The number of phenolic OH excluding ortho intramolecular Hbond substituents is 1. The van der Waals surface area contributed by atoms with Gasteiger partial charge in [0.1, 0.15) is 23.2 Å². The lowest BCUT2D eigenvalue weighted by molar-refractivity contribution is -0.163. The number of phenols is 1. The van der Waals surface area contributed by atoms with E-state index in [0.29, 0.717) is 24.5 Å². The van der Waals surface area contributed by atoms with Gasteiger partial charge in [-0.25, -0.2) is 0 Å². The second kappa shape index (κ2) is 25.1. The Hall–Kier alpha value is -1.97. The summed E-state index contributed by atoms with van der Waals surface area (Å²) in [5.74, 6) is 3.41. The highest BCUT2D eigenvalue weighted by Gasteiger charge is 2.44. The lowest BCUT2D eigenvalue weighted by atomic mass is 9.81. The van der Waals surface area contributed by atoms with Crippen LogP contribution in [0.15, 0.2) is 12.2 Å². The first-order valence-corrected chi connectivity index (χ1v) is 21.7. The molecule has 4 atom stereocenters. The zero-order valence-corrected chi connectivity index (χ0v) is 35.1. The molecule has 0 amide bonds. The summed E-state index contributed by atoms with van der Waals surface area (Å²) in [5, 5.41) is 10.8. The van der Waals surface area contributed by atoms with Crippen molar-refractivity contribution in [1.82, 2.24) is 0 Å². The fourth-order valence-electron chi connectivity index (χ4n) is 7.97. The van der Waals surface area contributed by atoms with Crippen LogP contribution in [0.25, 0.3) is 0 Å². The van der Waals surface area contributed by atoms with Crippen LogP contribution in [0.4, 0.5) is 0 Å². The third kappa shape index (κ3) is 17.2. The number of fused-ring (bicyclic) bond motifs is 1. The van der Waals surface area contributed by atoms with Crippen LogP contribution in [0, 0.1) is 38.5 Å². The van der Waals surface area contributed by atoms with Gasteiger partial charge in [0.25, 0.3) is 0 Å². The summed E-state index contributed by atoms with van der Waals surface area (Å²) in [6.07, 6.45) is 32.6. The van der Waals surface area contributed by atoms with E-state index < -0.39 is 5.60 Å². The van der Waals surface area contributed by atoms with Crippen LogP contribution in [0.5, 0.6) is 11.5 Å². The fraction of sp³-hybridized carbons (Fsp3) is 0.809. The van der Waals surface area contributed by atoms with Crippen LogP contribution < -0.4 is 4.74 Å². The molecule has 1 unspecified atom stereocenters. The molecule has 0 spiro atoms. The number of hydrogen-bond donors (Lipinski definition) is 1. The molecule has 0 radical (unpaired) electrons. The van der Waals surface area contributed by atoms with Gasteiger partial charge in [-0.2, -0.15) is 0 Å². The molecule has 0 aliphatic carbocycles. The average Bonchev–Trinajstić information content (AvgIpc) is 3.08. The molecule has 51 heavy (non-hydrogen) atoms. The second-order valence-corrected chi connectivity index (χ2v) is 17.3. The summed E-state index contributed by atoms with van der Waals surface area (Å²) < 4.78 is 13.2. The number of benzene rings is 1. The molecule has 4 nitrogen and oxygen atoms in total. The Morgan fingerprint density at radius 3 is 1.86 bits per heavy atom. The molecule has 1 aromatic carbocycles. The van der Waals surface area contributed by atoms with Crippen molar-refractivity contribution in [1.29, 1.82) is 0 Å². The standard InChI is InChI=1S/C47H82O4/c1-10-11-12-13-14-15-16-17-18-19-20-21-22-23-24-33-44(48)50-43-35-42-41(8)45(49)39(6)40(7)46(42)51-47(43,9)34-27-32-38(5)31-26-30-37(4)29-25-28-36(2)3/h17-18,36-38,43,49H,10-16,19-35H2,1-9H3/b18-17-/t37-,38+,43?,47-/m0/s1. The molecule has 1 aliphatic heterocycles. The monoisotopic (exact) mass is 711 g/mol. The smallest absolute Gasteiger partial charge is 0.306 e. The molecule has 1 aromatic rings. The minimum Gasteiger partial charge on any atom is -0.507 e. The van der Waals surface area contributed by atoms with Gasteiger partial charge in [0.05, 0.1) is 0 Å². The normalized spacial score (nSPS) is 18.6. The van der Waals surface area contributed by atoms with Crippen molar-refractivity contribution in [3.05, 3.63) is 34.4 Å². The van der Waals surface area contributed by atoms with E-state index in [1.807, 2.05) is 20.8 Å². The van der Waals surface area contributed by atoms with Gasteiger partial charge >= 0.3 is 5.97 Å². The first-order chi connectivity index (χ1) is 24.4. The quantitative estimate of drug-likeness (QED) is 0.0534. The van der Waals surface area contributed by atoms with E-state index in [1.54, 1.807) is 0 Å². The highest BCUT2D eigenvalue weighted by Crippen LogP contribution is 2.45. The van der Waals surface area contributed by atoms with Crippen LogP contribution in [0.3, 0.4) is 0 Å². The molecule has 0 fully saturated rings. The van der Waals surface area contributed by atoms with Crippen molar-refractivity contribution in [2.24, 2.45) is 17.8 Å².